The van der Waals surface area contributed by atoms with Crippen LogP contribution < -0.4 is 9.47 Å². The first-order valence-corrected chi connectivity index (χ1v) is 14.3. The molecule has 0 N–H and O–H groups in total. The van der Waals surface area contributed by atoms with Crippen LogP contribution in [0.3, 0.4) is 0 Å². The number of hydrogen-bond acceptors (Lipinski definition) is 2. The van der Waals surface area contributed by atoms with Crippen LogP contribution in [0.15, 0.2) is 36.4 Å². The van der Waals surface area contributed by atoms with Crippen molar-refractivity contribution in [1.29, 1.82) is 0 Å². The zero-order valence-corrected chi connectivity index (χ0v) is 25.4. The van der Waals surface area contributed by atoms with E-state index in [4.69, 9.17) is 9.47 Å². The molecule has 202 valence electrons. The van der Waals surface area contributed by atoms with Crippen molar-refractivity contribution in [1.82, 2.24) is 0 Å². The lowest BCUT2D eigenvalue weighted by Crippen LogP contribution is -2.27. The molecule has 0 amide bonds. The average molecular weight is 503 g/mol. The minimum absolute atomic E-state index is 0.0267. The summed E-state index contributed by atoms with van der Waals surface area (Å²) in [5.41, 5.74) is 8.71. The Morgan fingerprint density at radius 2 is 1.35 bits per heavy atom. The van der Waals surface area contributed by atoms with Gasteiger partial charge in [-0.25, -0.2) is 0 Å². The van der Waals surface area contributed by atoms with Gasteiger partial charge in [0.25, 0.3) is 0 Å². The van der Waals surface area contributed by atoms with Gasteiger partial charge in [0.05, 0.1) is 14.2 Å². The number of benzene rings is 2. The van der Waals surface area contributed by atoms with E-state index in [0.717, 1.165) is 37.2 Å². The maximum absolute atomic E-state index is 6.09. The predicted octanol–water partition coefficient (Wildman–Crippen LogP) is 9.50. The van der Waals surface area contributed by atoms with Gasteiger partial charge in [0.2, 0.25) is 0 Å². The molecule has 37 heavy (non-hydrogen) atoms. The third kappa shape index (κ3) is 4.64. The van der Waals surface area contributed by atoms with Crippen LogP contribution >= 0.6 is 0 Å². The molecule has 1 spiro atoms. The Bertz CT molecular complexity index is 1190. The van der Waals surface area contributed by atoms with Crippen LogP contribution in [0.5, 0.6) is 11.5 Å². The Labute approximate surface area is 226 Å². The quantitative estimate of drug-likeness (QED) is 0.351. The largest absolute Gasteiger partial charge is 0.496 e. The molecule has 0 saturated heterocycles. The fourth-order valence-corrected chi connectivity index (χ4v) is 7.40. The highest BCUT2D eigenvalue weighted by Crippen LogP contribution is 2.64. The normalized spacial score (nSPS) is 22.4. The minimum atomic E-state index is -0.0303. The minimum Gasteiger partial charge on any atom is -0.496 e. The van der Waals surface area contributed by atoms with Crippen molar-refractivity contribution in [3.63, 3.8) is 0 Å². The number of unbranched alkanes of at least 4 members (excludes halogenated alkanes) is 1. The van der Waals surface area contributed by atoms with Crippen LogP contribution in [0.2, 0.25) is 0 Å². The summed E-state index contributed by atoms with van der Waals surface area (Å²) in [4.78, 5) is 0. The molecule has 2 aromatic rings. The highest BCUT2D eigenvalue weighted by molar-refractivity contribution is 5.64. The van der Waals surface area contributed by atoms with Crippen molar-refractivity contribution in [2.24, 2.45) is 0 Å². The van der Waals surface area contributed by atoms with Gasteiger partial charge in [0.1, 0.15) is 11.5 Å². The van der Waals surface area contributed by atoms with Crippen molar-refractivity contribution < 1.29 is 9.47 Å². The zero-order valence-electron chi connectivity index (χ0n) is 25.4. The number of fused-ring (bicyclic) bond motifs is 4. The summed E-state index contributed by atoms with van der Waals surface area (Å²) in [6, 6.07) is 9.75. The lowest BCUT2D eigenvalue weighted by atomic mass is 9.72. The van der Waals surface area contributed by atoms with Gasteiger partial charge in [0.15, 0.2) is 0 Å². The molecule has 2 aliphatic rings. The third-order valence-electron chi connectivity index (χ3n) is 9.14. The Morgan fingerprint density at radius 3 is 1.86 bits per heavy atom. The van der Waals surface area contributed by atoms with Crippen LogP contribution in [-0.2, 0) is 21.7 Å². The maximum Gasteiger partial charge on any atom is 0.122 e. The molecule has 0 aromatic heterocycles. The molecular formula is C35H50O2. The fourth-order valence-electron chi connectivity index (χ4n) is 7.40. The Balaban J connectivity index is 1.91. The van der Waals surface area contributed by atoms with E-state index in [-0.39, 0.29) is 21.7 Å². The average Bonchev–Trinajstić information content (AvgIpc) is 3.18. The fraction of sp³-hybridized carbons (Fsp3) is 0.600. The summed E-state index contributed by atoms with van der Waals surface area (Å²) < 4.78 is 12.1. The molecule has 0 saturated carbocycles. The van der Waals surface area contributed by atoms with E-state index in [0.29, 0.717) is 5.92 Å². The standard InChI is InChI=1S/C35H50O2/c1-12-13-14-15-16-23(2)24-17-25-27(19-30(24)36-10)35(21-33(25,6)7)22-34(8,9)26-18-29(32(3,4)5)31(37-11)20-28(26)35/h14-15,17-20,23H,12-13,16,21-22H2,1-11H3/b15-14-. The Kier molecular flexibility index (Phi) is 7.15. The second-order valence-corrected chi connectivity index (χ2v) is 14.1. The van der Waals surface area contributed by atoms with Gasteiger partial charge < -0.3 is 9.47 Å². The van der Waals surface area contributed by atoms with Crippen molar-refractivity contribution in [2.75, 3.05) is 14.2 Å². The zero-order chi connectivity index (χ0) is 27.4. The highest BCUT2D eigenvalue weighted by Gasteiger charge is 2.57. The van der Waals surface area contributed by atoms with E-state index in [1.54, 1.807) is 0 Å². The summed E-state index contributed by atoms with van der Waals surface area (Å²) in [6.07, 6.45) is 10.3. The molecule has 2 nitrogen and oxygen atoms in total. The van der Waals surface area contributed by atoms with E-state index >= 15 is 0 Å². The van der Waals surface area contributed by atoms with Crippen molar-refractivity contribution in [3.05, 3.63) is 69.8 Å². The van der Waals surface area contributed by atoms with Gasteiger partial charge in [0, 0.05) is 5.41 Å². The lowest BCUT2D eigenvalue weighted by molar-refractivity contribution is 0.348. The second-order valence-electron chi connectivity index (χ2n) is 14.1. The summed E-state index contributed by atoms with van der Waals surface area (Å²) in [5, 5.41) is 0. The molecule has 2 aromatic carbocycles. The number of hydrogen-bond donors (Lipinski definition) is 0. The second kappa shape index (κ2) is 9.51. The number of methoxy groups -OCH3 is 2. The van der Waals surface area contributed by atoms with Crippen LogP contribution in [-0.4, -0.2) is 14.2 Å². The Hall–Kier alpha value is -2.22. The topological polar surface area (TPSA) is 18.5 Å². The number of ether oxygens (including phenoxy) is 2. The molecule has 2 heteroatoms. The molecule has 2 aliphatic carbocycles. The van der Waals surface area contributed by atoms with Crippen molar-refractivity contribution >= 4 is 0 Å². The molecule has 0 aliphatic heterocycles. The van der Waals surface area contributed by atoms with Crippen molar-refractivity contribution in [3.8, 4) is 11.5 Å². The van der Waals surface area contributed by atoms with Gasteiger partial charge in [-0.3, -0.25) is 0 Å². The van der Waals surface area contributed by atoms with Gasteiger partial charge in [-0.1, -0.05) is 93.0 Å². The molecule has 2 atom stereocenters. The first kappa shape index (κ1) is 27.8. The van der Waals surface area contributed by atoms with E-state index < -0.39 is 0 Å². The predicted molar refractivity (Wildman–Crippen MR) is 158 cm³/mol. The summed E-state index contributed by atoms with van der Waals surface area (Å²) in [6.45, 7) is 21.2. The van der Waals surface area contributed by atoms with Gasteiger partial charge in [-0.2, -0.15) is 0 Å². The summed E-state index contributed by atoms with van der Waals surface area (Å²) >= 11 is 0. The number of rotatable bonds is 7. The highest BCUT2D eigenvalue weighted by atomic mass is 16.5. The molecule has 4 rings (SSSR count). The molecule has 0 bridgehead atoms. The third-order valence-corrected chi connectivity index (χ3v) is 9.14. The summed E-state index contributed by atoms with van der Waals surface area (Å²) in [5.74, 6) is 2.48. The van der Waals surface area contributed by atoms with Crippen LogP contribution in [0.4, 0.5) is 0 Å². The smallest absolute Gasteiger partial charge is 0.122 e. The Morgan fingerprint density at radius 1 is 0.811 bits per heavy atom. The lowest BCUT2D eigenvalue weighted by Gasteiger charge is -2.31. The SMILES string of the molecule is CCC/C=C\CC(C)c1cc2c(cc1OC)C1(CC2(C)C)CC(C)(C)c2cc(C(C)(C)C)c(OC)cc21. The first-order chi connectivity index (χ1) is 17.2. The van der Waals surface area contributed by atoms with Crippen LogP contribution in [0, 0.1) is 0 Å². The first-order valence-electron chi connectivity index (χ1n) is 14.3. The molecule has 0 fully saturated rings. The maximum atomic E-state index is 6.09. The van der Waals surface area contributed by atoms with E-state index in [1.165, 1.54) is 39.8 Å². The molecule has 0 heterocycles. The van der Waals surface area contributed by atoms with Crippen LogP contribution in [0.1, 0.15) is 134 Å². The molecule has 2 unspecified atom stereocenters. The van der Waals surface area contributed by atoms with E-state index in [9.17, 15) is 0 Å². The summed E-state index contributed by atoms with van der Waals surface area (Å²) in [7, 11) is 3.66. The molecular weight excluding hydrogens is 452 g/mol. The van der Waals surface area contributed by atoms with Gasteiger partial charge >= 0.3 is 0 Å². The van der Waals surface area contributed by atoms with E-state index in [1.807, 2.05) is 14.2 Å². The number of allylic oxidation sites excluding steroid dienone is 2. The monoisotopic (exact) mass is 502 g/mol. The molecule has 0 radical (unpaired) electrons. The van der Waals surface area contributed by atoms with Crippen LogP contribution in [0.25, 0.3) is 0 Å². The van der Waals surface area contributed by atoms with Crippen molar-refractivity contribution in [2.45, 2.75) is 122 Å². The van der Waals surface area contributed by atoms with E-state index in [2.05, 4.69) is 98.7 Å². The van der Waals surface area contributed by atoms with Gasteiger partial charge in [-0.05, 0) is 93.4 Å². The van der Waals surface area contributed by atoms with Gasteiger partial charge in [-0.15, -0.1) is 0 Å².